The van der Waals surface area contributed by atoms with E-state index in [1.54, 1.807) is 38.5 Å². The Labute approximate surface area is 194 Å². The van der Waals surface area contributed by atoms with E-state index in [4.69, 9.17) is 23.7 Å². The molecule has 0 saturated heterocycles. The molecular formula is C27H28O6. The minimum Gasteiger partial charge on any atom is -0.497 e. The molecule has 3 rings (SSSR count). The second kappa shape index (κ2) is 11.6. The summed E-state index contributed by atoms with van der Waals surface area (Å²) in [7, 11) is 4.72. The van der Waals surface area contributed by atoms with Gasteiger partial charge in [-0.05, 0) is 61.0 Å². The predicted molar refractivity (Wildman–Crippen MR) is 128 cm³/mol. The van der Waals surface area contributed by atoms with Crippen LogP contribution in [0.3, 0.4) is 0 Å². The van der Waals surface area contributed by atoms with Gasteiger partial charge < -0.3 is 23.7 Å². The number of carbonyl (C=O) groups excluding carboxylic acids is 1. The summed E-state index contributed by atoms with van der Waals surface area (Å²) in [5, 5.41) is 0. The standard InChI is InChI=1S/C27H28O6/c1-5-32-23-12-8-20(26(17-23)33-18-19-6-10-21(29-2)11-7-19)9-15-25(28)24-14-13-22(30-3)16-27(24)31-4/h6-17H,5,18H2,1-4H3. The fraction of sp³-hybridized carbons (Fsp3) is 0.222. The molecule has 0 saturated carbocycles. The molecule has 0 radical (unpaired) electrons. The summed E-state index contributed by atoms with van der Waals surface area (Å²) < 4.78 is 27.4. The van der Waals surface area contributed by atoms with Gasteiger partial charge in [-0.3, -0.25) is 4.79 Å². The van der Waals surface area contributed by atoms with Crippen LogP contribution >= 0.6 is 0 Å². The first-order valence-electron chi connectivity index (χ1n) is 10.5. The van der Waals surface area contributed by atoms with E-state index in [0.29, 0.717) is 41.8 Å². The van der Waals surface area contributed by atoms with Gasteiger partial charge in [-0.1, -0.05) is 12.1 Å². The molecule has 33 heavy (non-hydrogen) atoms. The number of ketones is 1. The number of benzene rings is 3. The number of methoxy groups -OCH3 is 3. The molecule has 0 fully saturated rings. The summed E-state index contributed by atoms with van der Waals surface area (Å²) in [6.07, 6.45) is 3.23. The SMILES string of the molecule is CCOc1ccc(C=CC(=O)c2ccc(OC)cc2OC)c(OCc2ccc(OC)cc2)c1. The fourth-order valence-corrected chi connectivity index (χ4v) is 3.17. The highest BCUT2D eigenvalue weighted by Gasteiger charge is 2.12. The average molecular weight is 449 g/mol. The van der Waals surface area contributed by atoms with E-state index < -0.39 is 0 Å². The number of hydrogen-bond acceptors (Lipinski definition) is 6. The molecule has 0 aliphatic carbocycles. The van der Waals surface area contributed by atoms with Gasteiger partial charge in [0, 0.05) is 17.7 Å². The fourth-order valence-electron chi connectivity index (χ4n) is 3.17. The maximum absolute atomic E-state index is 12.8. The first kappa shape index (κ1) is 23.7. The third-order valence-corrected chi connectivity index (χ3v) is 4.94. The minimum atomic E-state index is -0.190. The van der Waals surface area contributed by atoms with E-state index in [9.17, 15) is 4.79 Å². The Morgan fingerprint density at radius 3 is 2.09 bits per heavy atom. The first-order chi connectivity index (χ1) is 16.1. The number of hydrogen-bond donors (Lipinski definition) is 0. The molecule has 0 amide bonds. The van der Waals surface area contributed by atoms with Crippen LogP contribution in [-0.4, -0.2) is 33.7 Å². The Morgan fingerprint density at radius 1 is 0.758 bits per heavy atom. The van der Waals surface area contributed by atoms with Crippen LogP contribution < -0.4 is 23.7 Å². The van der Waals surface area contributed by atoms with E-state index in [-0.39, 0.29) is 5.78 Å². The number of carbonyl (C=O) groups is 1. The molecule has 0 unspecified atom stereocenters. The highest BCUT2D eigenvalue weighted by Crippen LogP contribution is 2.29. The van der Waals surface area contributed by atoms with E-state index in [1.807, 2.05) is 49.4 Å². The van der Waals surface area contributed by atoms with Crippen LogP contribution in [0.15, 0.2) is 66.7 Å². The second-order valence-electron chi connectivity index (χ2n) is 7.03. The van der Waals surface area contributed by atoms with Crippen LogP contribution in [0.5, 0.6) is 28.7 Å². The third kappa shape index (κ3) is 6.29. The van der Waals surface area contributed by atoms with Gasteiger partial charge in [0.05, 0.1) is 33.5 Å². The zero-order valence-electron chi connectivity index (χ0n) is 19.3. The molecule has 6 nitrogen and oxygen atoms in total. The quantitative estimate of drug-likeness (QED) is 0.282. The summed E-state index contributed by atoms with van der Waals surface area (Å²) in [5.74, 6) is 2.97. The van der Waals surface area contributed by atoms with Crippen LogP contribution in [-0.2, 0) is 6.61 Å². The topological polar surface area (TPSA) is 63.2 Å². The molecule has 3 aromatic carbocycles. The Hall–Kier alpha value is -3.93. The lowest BCUT2D eigenvalue weighted by Crippen LogP contribution is -2.00. The van der Waals surface area contributed by atoms with E-state index in [1.165, 1.54) is 13.2 Å². The molecule has 0 aromatic heterocycles. The van der Waals surface area contributed by atoms with Crippen molar-refractivity contribution in [2.24, 2.45) is 0 Å². The lowest BCUT2D eigenvalue weighted by atomic mass is 10.1. The van der Waals surface area contributed by atoms with Crippen molar-refractivity contribution in [1.29, 1.82) is 0 Å². The van der Waals surface area contributed by atoms with Crippen molar-refractivity contribution >= 4 is 11.9 Å². The maximum atomic E-state index is 12.8. The number of allylic oxidation sites excluding steroid dienone is 1. The summed E-state index contributed by atoms with van der Waals surface area (Å²) in [4.78, 5) is 12.8. The molecule has 0 aliphatic rings. The Bertz CT molecular complexity index is 1100. The molecular weight excluding hydrogens is 420 g/mol. The Kier molecular flexibility index (Phi) is 8.36. The summed E-state index contributed by atoms with van der Waals surface area (Å²) in [6.45, 7) is 2.83. The van der Waals surface area contributed by atoms with Gasteiger partial charge in [0.1, 0.15) is 35.4 Å². The molecule has 0 bridgehead atoms. The molecule has 6 heteroatoms. The second-order valence-corrected chi connectivity index (χ2v) is 7.03. The van der Waals surface area contributed by atoms with E-state index in [2.05, 4.69) is 0 Å². The van der Waals surface area contributed by atoms with E-state index >= 15 is 0 Å². The summed E-state index contributed by atoms with van der Waals surface area (Å²) >= 11 is 0. The van der Waals surface area contributed by atoms with Crippen LogP contribution in [0, 0.1) is 0 Å². The Balaban J connectivity index is 1.82. The lowest BCUT2D eigenvalue weighted by Gasteiger charge is -2.12. The van der Waals surface area contributed by atoms with Gasteiger partial charge in [-0.2, -0.15) is 0 Å². The molecule has 172 valence electrons. The predicted octanol–water partition coefficient (Wildman–Crippen LogP) is 5.59. The van der Waals surface area contributed by atoms with Gasteiger partial charge in [0.25, 0.3) is 0 Å². The number of ether oxygens (including phenoxy) is 5. The molecule has 0 heterocycles. The largest absolute Gasteiger partial charge is 0.497 e. The van der Waals surface area contributed by atoms with Gasteiger partial charge in [-0.15, -0.1) is 0 Å². The first-order valence-corrected chi connectivity index (χ1v) is 10.5. The van der Waals surface area contributed by atoms with Crippen molar-refractivity contribution in [3.63, 3.8) is 0 Å². The molecule has 0 spiro atoms. The molecule has 0 N–H and O–H groups in total. The zero-order valence-corrected chi connectivity index (χ0v) is 19.3. The van der Waals surface area contributed by atoms with Crippen LogP contribution in [0.25, 0.3) is 6.08 Å². The van der Waals surface area contributed by atoms with Crippen molar-refractivity contribution in [2.75, 3.05) is 27.9 Å². The van der Waals surface area contributed by atoms with E-state index in [0.717, 1.165) is 16.9 Å². The maximum Gasteiger partial charge on any atom is 0.189 e. The molecule has 0 aliphatic heterocycles. The van der Waals surface area contributed by atoms with Gasteiger partial charge in [0.15, 0.2) is 5.78 Å². The smallest absolute Gasteiger partial charge is 0.189 e. The highest BCUT2D eigenvalue weighted by molar-refractivity contribution is 6.08. The van der Waals surface area contributed by atoms with Crippen molar-refractivity contribution in [3.05, 3.63) is 83.4 Å². The Morgan fingerprint density at radius 2 is 1.42 bits per heavy atom. The zero-order chi connectivity index (χ0) is 23.6. The average Bonchev–Trinajstić information content (AvgIpc) is 2.86. The van der Waals surface area contributed by atoms with Crippen molar-refractivity contribution in [3.8, 4) is 28.7 Å². The molecule has 0 atom stereocenters. The van der Waals surface area contributed by atoms with Crippen molar-refractivity contribution in [2.45, 2.75) is 13.5 Å². The van der Waals surface area contributed by atoms with Crippen LogP contribution in [0.2, 0.25) is 0 Å². The van der Waals surface area contributed by atoms with Crippen LogP contribution in [0.4, 0.5) is 0 Å². The lowest BCUT2D eigenvalue weighted by molar-refractivity contribution is 0.104. The summed E-state index contributed by atoms with van der Waals surface area (Å²) in [5.41, 5.74) is 2.19. The van der Waals surface area contributed by atoms with Gasteiger partial charge in [0.2, 0.25) is 0 Å². The number of rotatable bonds is 11. The van der Waals surface area contributed by atoms with Crippen molar-refractivity contribution < 1.29 is 28.5 Å². The minimum absolute atomic E-state index is 0.190. The van der Waals surface area contributed by atoms with Crippen molar-refractivity contribution in [1.82, 2.24) is 0 Å². The third-order valence-electron chi connectivity index (χ3n) is 4.94. The van der Waals surface area contributed by atoms with Gasteiger partial charge >= 0.3 is 0 Å². The summed E-state index contributed by atoms with van der Waals surface area (Å²) in [6, 6.07) is 18.3. The molecule has 3 aromatic rings. The highest BCUT2D eigenvalue weighted by atomic mass is 16.5. The van der Waals surface area contributed by atoms with Crippen LogP contribution in [0.1, 0.15) is 28.4 Å². The van der Waals surface area contributed by atoms with Gasteiger partial charge in [-0.25, -0.2) is 0 Å². The normalized spacial score (nSPS) is 10.7. The monoisotopic (exact) mass is 448 g/mol.